The number of nitrogens with two attached hydrogens (primary N) is 2. The number of carboxylic acids is 1. The molecule has 1 aliphatic rings. The van der Waals surface area contributed by atoms with E-state index in [1.54, 1.807) is 0 Å². The summed E-state index contributed by atoms with van der Waals surface area (Å²) in [6, 6.07) is -2.35. The quantitative estimate of drug-likeness (QED) is 0.455. The SMILES string of the molecule is CC(N)C(=O)C(C(=O)O)(C1CCCCC1)C(N)C(=O)CBr. The van der Waals surface area contributed by atoms with E-state index < -0.39 is 41.0 Å². The third kappa shape index (κ3) is 3.35. The summed E-state index contributed by atoms with van der Waals surface area (Å²) in [6.45, 7) is 1.44. The molecule has 7 heteroatoms. The summed E-state index contributed by atoms with van der Waals surface area (Å²) in [6.07, 6.45) is 3.82. The molecule has 0 radical (unpaired) electrons. The smallest absolute Gasteiger partial charge is 0.319 e. The topological polar surface area (TPSA) is 123 Å². The number of ketones is 2. The summed E-state index contributed by atoms with van der Waals surface area (Å²) in [7, 11) is 0. The lowest BCUT2D eigenvalue weighted by Crippen LogP contribution is -2.64. The highest BCUT2D eigenvalue weighted by molar-refractivity contribution is 9.09. The van der Waals surface area contributed by atoms with Gasteiger partial charge >= 0.3 is 5.97 Å². The van der Waals surface area contributed by atoms with Crippen LogP contribution in [0.5, 0.6) is 0 Å². The van der Waals surface area contributed by atoms with E-state index in [-0.39, 0.29) is 5.33 Å². The van der Waals surface area contributed by atoms with Crippen LogP contribution in [0, 0.1) is 11.3 Å². The van der Waals surface area contributed by atoms with Crippen LogP contribution >= 0.6 is 15.9 Å². The number of halogens is 1. The average molecular weight is 363 g/mol. The van der Waals surface area contributed by atoms with Gasteiger partial charge in [0.05, 0.1) is 17.4 Å². The lowest BCUT2D eigenvalue weighted by atomic mass is 9.60. The van der Waals surface area contributed by atoms with E-state index in [9.17, 15) is 19.5 Å². The number of carboxylic acid groups (broad SMARTS) is 1. The second-order valence-corrected chi connectivity index (χ2v) is 6.30. The fourth-order valence-corrected chi connectivity index (χ4v) is 3.64. The van der Waals surface area contributed by atoms with Crippen molar-refractivity contribution < 1.29 is 19.5 Å². The molecule has 0 aromatic carbocycles. The van der Waals surface area contributed by atoms with E-state index in [0.717, 1.165) is 19.3 Å². The van der Waals surface area contributed by atoms with Crippen LogP contribution in [0.2, 0.25) is 0 Å². The Kier molecular flexibility index (Phi) is 6.49. The number of hydrogen-bond acceptors (Lipinski definition) is 5. The Morgan fingerprint density at radius 3 is 2.14 bits per heavy atom. The minimum absolute atomic E-state index is 0.0812. The van der Waals surface area contributed by atoms with Crippen molar-refractivity contribution in [2.24, 2.45) is 22.8 Å². The molecular weight excluding hydrogens is 340 g/mol. The summed E-state index contributed by atoms with van der Waals surface area (Å²) in [4.78, 5) is 36.6. The molecule has 1 saturated carbocycles. The molecular formula is C14H23BrN2O4. The van der Waals surface area contributed by atoms with Crippen molar-refractivity contribution >= 4 is 33.5 Å². The highest BCUT2D eigenvalue weighted by Gasteiger charge is 2.58. The van der Waals surface area contributed by atoms with Crippen LogP contribution in [0.15, 0.2) is 0 Å². The number of rotatable bonds is 7. The molecule has 21 heavy (non-hydrogen) atoms. The zero-order chi connectivity index (χ0) is 16.2. The molecule has 1 aliphatic carbocycles. The zero-order valence-corrected chi connectivity index (χ0v) is 13.8. The highest BCUT2D eigenvalue weighted by Crippen LogP contribution is 2.42. The first kappa shape index (κ1) is 18.3. The van der Waals surface area contributed by atoms with Crippen molar-refractivity contribution in [2.75, 3.05) is 5.33 Å². The van der Waals surface area contributed by atoms with Crippen molar-refractivity contribution in [1.82, 2.24) is 0 Å². The van der Waals surface area contributed by atoms with Gasteiger partial charge in [-0.2, -0.15) is 0 Å². The number of alkyl halides is 1. The molecule has 0 amide bonds. The molecule has 0 saturated heterocycles. The van der Waals surface area contributed by atoms with Crippen molar-refractivity contribution in [2.45, 2.75) is 51.1 Å². The van der Waals surface area contributed by atoms with Crippen molar-refractivity contribution in [3.63, 3.8) is 0 Å². The first-order valence-electron chi connectivity index (χ1n) is 7.17. The van der Waals surface area contributed by atoms with Crippen molar-refractivity contribution in [1.29, 1.82) is 0 Å². The normalized spacial score (nSPS) is 22.1. The number of hydrogen-bond donors (Lipinski definition) is 3. The van der Waals surface area contributed by atoms with Crippen LogP contribution < -0.4 is 11.5 Å². The van der Waals surface area contributed by atoms with Gasteiger partial charge < -0.3 is 16.6 Å². The van der Waals surface area contributed by atoms with E-state index in [0.29, 0.717) is 12.8 Å². The molecule has 0 heterocycles. The van der Waals surface area contributed by atoms with E-state index in [4.69, 9.17) is 11.5 Å². The van der Waals surface area contributed by atoms with Crippen LogP contribution in [0.1, 0.15) is 39.0 Å². The molecule has 0 aliphatic heterocycles. The molecule has 0 aromatic rings. The first-order chi connectivity index (χ1) is 9.79. The van der Waals surface area contributed by atoms with Gasteiger partial charge in [0.25, 0.3) is 0 Å². The number of carbonyl (C=O) groups is 3. The summed E-state index contributed by atoms with van der Waals surface area (Å²) < 4.78 is 0. The third-order valence-electron chi connectivity index (χ3n) is 4.39. The monoisotopic (exact) mass is 362 g/mol. The molecule has 3 atom stereocenters. The first-order valence-corrected chi connectivity index (χ1v) is 8.29. The maximum absolute atomic E-state index is 12.6. The third-order valence-corrected chi connectivity index (χ3v) is 4.95. The van der Waals surface area contributed by atoms with Gasteiger partial charge in [-0.05, 0) is 25.7 Å². The number of aliphatic carboxylic acids is 1. The summed E-state index contributed by atoms with van der Waals surface area (Å²) >= 11 is 3.00. The predicted molar refractivity (Wildman–Crippen MR) is 82.1 cm³/mol. The number of Topliss-reactive ketones (excluding diaryl/α,β-unsaturated/α-hetero) is 2. The molecule has 0 spiro atoms. The van der Waals surface area contributed by atoms with E-state index in [1.807, 2.05) is 0 Å². The van der Waals surface area contributed by atoms with Crippen LogP contribution in [0.4, 0.5) is 0 Å². The molecule has 0 aromatic heterocycles. The Morgan fingerprint density at radius 2 is 1.76 bits per heavy atom. The minimum Gasteiger partial charge on any atom is -0.480 e. The summed E-state index contributed by atoms with van der Waals surface area (Å²) in [5.74, 6) is -2.92. The molecule has 1 fully saturated rings. The molecule has 0 bridgehead atoms. The lowest BCUT2D eigenvalue weighted by molar-refractivity contribution is -0.165. The maximum Gasteiger partial charge on any atom is 0.319 e. The van der Waals surface area contributed by atoms with Crippen molar-refractivity contribution in [3.8, 4) is 0 Å². The molecule has 3 unspecified atom stereocenters. The van der Waals surface area contributed by atoms with Gasteiger partial charge in [-0.25, -0.2) is 0 Å². The fraction of sp³-hybridized carbons (Fsp3) is 0.786. The Morgan fingerprint density at radius 1 is 1.24 bits per heavy atom. The fourth-order valence-electron chi connectivity index (χ4n) is 3.29. The maximum atomic E-state index is 12.6. The van der Waals surface area contributed by atoms with E-state index in [2.05, 4.69) is 15.9 Å². The van der Waals surface area contributed by atoms with Gasteiger partial charge in [-0.3, -0.25) is 14.4 Å². The van der Waals surface area contributed by atoms with Crippen LogP contribution in [0.3, 0.4) is 0 Å². The number of carbonyl (C=O) groups excluding carboxylic acids is 2. The second-order valence-electron chi connectivity index (χ2n) is 5.74. The Hall–Kier alpha value is -0.790. The second kappa shape index (κ2) is 7.47. The van der Waals surface area contributed by atoms with Gasteiger partial charge in [-0.15, -0.1) is 0 Å². The Bertz CT molecular complexity index is 421. The van der Waals surface area contributed by atoms with Gasteiger partial charge in [0, 0.05) is 0 Å². The molecule has 120 valence electrons. The van der Waals surface area contributed by atoms with Crippen molar-refractivity contribution in [3.05, 3.63) is 0 Å². The van der Waals surface area contributed by atoms with Gasteiger partial charge in [-0.1, -0.05) is 35.2 Å². The van der Waals surface area contributed by atoms with Gasteiger partial charge in [0.2, 0.25) is 0 Å². The molecule has 6 nitrogen and oxygen atoms in total. The summed E-state index contributed by atoms with van der Waals surface area (Å²) in [5, 5.41) is 9.71. The van der Waals surface area contributed by atoms with E-state index in [1.165, 1.54) is 6.92 Å². The molecule has 5 N–H and O–H groups in total. The standard InChI is InChI=1S/C14H23BrN2O4/c1-8(16)12(19)14(13(20)21,11(17)10(18)7-15)9-5-3-2-4-6-9/h8-9,11H,2-7,16-17H2,1H3,(H,20,21). The largest absolute Gasteiger partial charge is 0.480 e. The van der Waals surface area contributed by atoms with Gasteiger partial charge in [0.1, 0.15) is 0 Å². The predicted octanol–water partition coefficient (Wildman–Crippen LogP) is 0.845. The van der Waals surface area contributed by atoms with Crippen LogP contribution in [0.25, 0.3) is 0 Å². The van der Waals surface area contributed by atoms with E-state index >= 15 is 0 Å². The highest BCUT2D eigenvalue weighted by atomic mass is 79.9. The Balaban J connectivity index is 3.37. The van der Waals surface area contributed by atoms with Gasteiger partial charge in [0.15, 0.2) is 17.0 Å². The average Bonchev–Trinajstić information content (AvgIpc) is 2.47. The van der Waals surface area contributed by atoms with Crippen LogP contribution in [-0.4, -0.2) is 40.1 Å². The lowest BCUT2D eigenvalue weighted by Gasteiger charge is -2.42. The summed E-state index contributed by atoms with van der Waals surface area (Å²) in [5.41, 5.74) is 9.68. The minimum atomic E-state index is -1.92. The van der Waals surface area contributed by atoms with Crippen LogP contribution in [-0.2, 0) is 14.4 Å². The Labute approximate surface area is 132 Å². The molecule has 1 rings (SSSR count). The zero-order valence-electron chi connectivity index (χ0n) is 12.2.